The van der Waals surface area contributed by atoms with Crippen molar-refractivity contribution in [2.75, 3.05) is 11.9 Å². The Balaban J connectivity index is 2.77. The lowest BCUT2D eigenvalue weighted by Gasteiger charge is -2.18. The van der Waals surface area contributed by atoms with E-state index in [-0.39, 0.29) is 6.04 Å². The van der Waals surface area contributed by atoms with Crippen LogP contribution in [0, 0.1) is 0 Å². The van der Waals surface area contributed by atoms with Gasteiger partial charge in [-0.2, -0.15) is 0 Å². The molecule has 0 aliphatic heterocycles. The third-order valence-corrected chi connectivity index (χ3v) is 4.95. The van der Waals surface area contributed by atoms with Crippen LogP contribution in [0.15, 0.2) is 29.2 Å². The average Bonchev–Trinajstić information content (AvgIpc) is 2.46. The summed E-state index contributed by atoms with van der Waals surface area (Å²) in [6.07, 6.45) is 4.90. The molecule has 1 rings (SSSR count). The van der Waals surface area contributed by atoms with Crippen molar-refractivity contribution in [1.82, 2.24) is 4.72 Å². The third-order valence-electron chi connectivity index (χ3n) is 3.41. The molecule has 0 radical (unpaired) electrons. The summed E-state index contributed by atoms with van der Waals surface area (Å²) >= 11 is 0. The number of anilines is 1. The lowest BCUT2D eigenvalue weighted by atomic mass is 10.1. The summed E-state index contributed by atoms with van der Waals surface area (Å²) in [4.78, 5) is 0.335. The minimum atomic E-state index is -3.42. The maximum Gasteiger partial charge on any atom is 0.240 e. The summed E-state index contributed by atoms with van der Waals surface area (Å²) in [7, 11) is -3.42. The van der Waals surface area contributed by atoms with Gasteiger partial charge in [0.1, 0.15) is 0 Å². The molecule has 0 fully saturated rings. The Morgan fingerprint density at radius 2 is 1.67 bits per heavy atom. The van der Waals surface area contributed by atoms with Gasteiger partial charge in [-0.05, 0) is 44.0 Å². The van der Waals surface area contributed by atoms with Gasteiger partial charge in [-0.25, -0.2) is 13.1 Å². The van der Waals surface area contributed by atoms with Crippen molar-refractivity contribution in [2.24, 2.45) is 0 Å². The molecule has 0 saturated carbocycles. The predicted octanol–water partition coefficient (Wildman–Crippen LogP) is 3.76. The second kappa shape index (κ2) is 9.05. The number of rotatable bonds is 10. The summed E-state index contributed by atoms with van der Waals surface area (Å²) in [5.74, 6) is 0. The van der Waals surface area contributed by atoms with Crippen LogP contribution in [0.5, 0.6) is 0 Å². The largest absolute Gasteiger partial charge is 0.385 e. The van der Waals surface area contributed by atoms with Crippen LogP contribution in [0.3, 0.4) is 0 Å². The van der Waals surface area contributed by atoms with Gasteiger partial charge in [-0.3, -0.25) is 0 Å². The highest BCUT2D eigenvalue weighted by Crippen LogP contribution is 2.16. The van der Waals surface area contributed by atoms with E-state index in [0.29, 0.717) is 4.90 Å². The number of hydrogen-bond acceptors (Lipinski definition) is 3. The average molecular weight is 312 g/mol. The standard InChI is InChI=1S/C16H28N2O2S/c1-4-7-9-15(8-5-2)18-21(19,20)16-12-10-14(11-13-16)17-6-3/h10-13,15,17-18H,4-9H2,1-3H3. The fourth-order valence-corrected chi connectivity index (χ4v) is 3.61. The van der Waals surface area contributed by atoms with E-state index in [0.717, 1.165) is 44.3 Å². The van der Waals surface area contributed by atoms with Crippen LogP contribution < -0.4 is 10.0 Å². The van der Waals surface area contributed by atoms with Gasteiger partial charge in [0.2, 0.25) is 10.0 Å². The Labute approximate surface area is 129 Å². The van der Waals surface area contributed by atoms with Crippen LogP contribution in [0.4, 0.5) is 5.69 Å². The van der Waals surface area contributed by atoms with Gasteiger partial charge in [-0.1, -0.05) is 33.1 Å². The Kier molecular flexibility index (Phi) is 7.75. The van der Waals surface area contributed by atoms with Crippen molar-refractivity contribution in [3.63, 3.8) is 0 Å². The Hall–Kier alpha value is -1.07. The highest BCUT2D eigenvalue weighted by atomic mass is 32.2. The lowest BCUT2D eigenvalue weighted by Crippen LogP contribution is -2.34. The van der Waals surface area contributed by atoms with Gasteiger partial charge < -0.3 is 5.32 Å². The summed E-state index contributed by atoms with van der Waals surface area (Å²) in [5.41, 5.74) is 0.938. The first-order valence-electron chi connectivity index (χ1n) is 7.89. The zero-order valence-corrected chi connectivity index (χ0v) is 14.2. The molecule has 0 aromatic heterocycles. The molecule has 4 nitrogen and oxygen atoms in total. The van der Waals surface area contributed by atoms with Crippen molar-refractivity contribution in [3.05, 3.63) is 24.3 Å². The van der Waals surface area contributed by atoms with Crippen LogP contribution >= 0.6 is 0 Å². The number of nitrogens with one attached hydrogen (secondary N) is 2. The normalized spacial score (nSPS) is 13.1. The first-order valence-corrected chi connectivity index (χ1v) is 9.38. The molecule has 1 atom stereocenters. The van der Waals surface area contributed by atoms with Gasteiger partial charge in [-0.15, -0.1) is 0 Å². The minimum Gasteiger partial charge on any atom is -0.385 e. The molecule has 120 valence electrons. The predicted molar refractivity (Wildman–Crippen MR) is 89.1 cm³/mol. The number of unbranched alkanes of at least 4 members (excludes halogenated alkanes) is 1. The molecule has 2 N–H and O–H groups in total. The molecule has 0 bridgehead atoms. The fraction of sp³-hybridized carbons (Fsp3) is 0.625. The van der Waals surface area contributed by atoms with Crippen LogP contribution in [-0.4, -0.2) is 21.0 Å². The smallest absolute Gasteiger partial charge is 0.240 e. The molecule has 0 amide bonds. The summed E-state index contributed by atoms with van der Waals surface area (Å²) in [5, 5.41) is 3.16. The highest BCUT2D eigenvalue weighted by Gasteiger charge is 2.19. The minimum absolute atomic E-state index is 0.0355. The van der Waals surface area contributed by atoms with Crippen LogP contribution in [0.2, 0.25) is 0 Å². The Bertz CT molecular complexity index is 498. The SMILES string of the molecule is CCCCC(CCC)NS(=O)(=O)c1ccc(NCC)cc1. The second-order valence-corrected chi connectivity index (χ2v) is 7.02. The highest BCUT2D eigenvalue weighted by molar-refractivity contribution is 7.89. The Morgan fingerprint density at radius 3 is 2.19 bits per heavy atom. The van der Waals surface area contributed by atoms with Gasteiger partial charge >= 0.3 is 0 Å². The zero-order valence-electron chi connectivity index (χ0n) is 13.4. The van der Waals surface area contributed by atoms with E-state index in [1.165, 1.54) is 0 Å². The molecule has 0 aliphatic rings. The first kappa shape index (κ1) is 18.0. The number of benzene rings is 1. The van der Waals surface area contributed by atoms with Crippen LogP contribution in [0.1, 0.15) is 52.9 Å². The topological polar surface area (TPSA) is 58.2 Å². The second-order valence-electron chi connectivity index (χ2n) is 5.30. The third kappa shape index (κ3) is 6.06. The van der Waals surface area contributed by atoms with Crippen molar-refractivity contribution in [1.29, 1.82) is 0 Å². The van der Waals surface area contributed by atoms with Crippen molar-refractivity contribution in [2.45, 2.75) is 63.8 Å². The molecule has 1 aromatic carbocycles. The van der Waals surface area contributed by atoms with Crippen LogP contribution in [0.25, 0.3) is 0 Å². The fourth-order valence-electron chi connectivity index (χ4n) is 2.30. The van der Waals surface area contributed by atoms with E-state index in [1.54, 1.807) is 24.3 Å². The molecular weight excluding hydrogens is 284 g/mol. The molecule has 0 saturated heterocycles. The summed E-state index contributed by atoms with van der Waals surface area (Å²) < 4.78 is 27.7. The molecule has 1 unspecified atom stereocenters. The number of hydrogen-bond donors (Lipinski definition) is 2. The van der Waals surface area contributed by atoms with Gasteiger partial charge in [0.15, 0.2) is 0 Å². The van der Waals surface area contributed by atoms with Gasteiger partial charge in [0.05, 0.1) is 4.90 Å². The monoisotopic (exact) mass is 312 g/mol. The van der Waals surface area contributed by atoms with Crippen molar-refractivity contribution < 1.29 is 8.42 Å². The Morgan fingerprint density at radius 1 is 1.00 bits per heavy atom. The lowest BCUT2D eigenvalue weighted by molar-refractivity contribution is 0.483. The van der Waals surface area contributed by atoms with Crippen molar-refractivity contribution >= 4 is 15.7 Å². The van der Waals surface area contributed by atoms with Crippen LogP contribution in [-0.2, 0) is 10.0 Å². The van der Waals surface area contributed by atoms with E-state index in [4.69, 9.17) is 0 Å². The van der Waals surface area contributed by atoms with E-state index in [9.17, 15) is 8.42 Å². The first-order chi connectivity index (χ1) is 10.0. The van der Waals surface area contributed by atoms with Crippen molar-refractivity contribution in [3.8, 4) is 0 Å². The molecule has 0 aliphatic carbocycles. The van der Waals surface area contributed by atoms with E-state index >= 15 is 0 Å². The number of sulfonamides is 1. The molecule has 21 heavy (non-hydrogen) atoms. The summed E-state index contributed by atoms with van der Waals surface area (Å²) in [6, 6.07) is 6.96. The molecular formula is C16H28N2O2S. The summed E-state index contributed by atoms with van der Waals surface area (Å²) in [6.45, 7) is 7.03. The van der Waals surface area contributed by atoms with E-state index in [1.807, 2.05) is 6.92 Å². The molecule has 5 heteroatoms. The van der Waals surface area contributed by atoms with Gasteiger partial charge in [0, 0.05) is 18.3 Å². The molecule has 1 aromatic rings. The maximum absolute atomic E-state index is 12.4. The quantitative estimate of drug-likeness (QED) is 0.691. The zero-order chi connectivity index (χ0) is 15.7. The maximum atomic E-state index is 12.4. The molecule has 0 spiro atoms. The van der Waals surface area contributed by atoms with E-state index < -0.39 is 10.0 Å². The molecule has 0 heterocycles. The van der Waals surface area contributed by atoms with Gasteiger partial charge in [0.25, 0.3) is 0 Å². The van der Waals surface area contributed by atoms with E-state index in [2.05, 4.69) is 23.9 Å².